The normalized spacial score (nSPS) is 8.45. The van der Waals surface area contributed by atoms with E-state index in [1.165, 1.54) is 24.3 Å². The number of nitro benzene ring substituents is 1. The van der Waals surface area contributed by atoms with Gasteiger partial charge in [0.15, 0.2) is 0 Å². The Morgan fingerprint density at radius 1 is 1.27 bits per heavy atom. The van der Waals surface area contributed by atoms with Crippen molar-refractivity contribution in [2.75, 3.05) is 0 Å². The first-order valence-electron chi connectivity index (χ1n) is 2.60. The second kappa shape index (κ2) is 4.72. The molecule has 0 amide bonds. The minimum absolute atomic E-state index is 0. The first-order valence-corrected chi connectivity index (χ1v) is 2.98. The van der Waals surface area contributed by atoms with Crippen molar-refractivity contribution < 1.29 is 4.92 Å². The fourth-order valence-electron chi connectivity index (χ4n) is 0.563. The molecule has 0 saturated carbocycles. The van der Waals surface area contributed by atoms with Crippen LogP contribution in [0.4, 0.5) is 5.69 Å². The number of hydrogen-bond donors (Lipinski definition) is 0. The quantitative estimate of drug-likeness (QED) is 0.375. The number of nitrogens with zero attached hydrogens (tertiary/aromatic N) is 1. The molecule has 3 nitrogen and oxygen atoms in total. The third-order valence-electron chi connectivity index (χ3n) is 1.04. The van der Waals surface area contributed by atoms with Crippen LogP contribution in [0.2, 0.25) is 5.02 Å². The third-order valence-corrected chi connectivity index (χ3v) is 1.29. The molecule has 0 fully saturated rings. The predicted molar refractivity (Wildman–Crippen MR) is 45.3 cm³/mol. The summed E-state index contributed by atoms with van der Waals surface area (Å²) in [5.74, 6) is 0. The molecule has 0 saturated heterocycles. The number of benzene rings is 1. The van der Waals surface area contributed by atoms with E-state index in [-0.39, 0.29) is 35.2 Å². The van der Waals surface area contributed by atoms with Crippen LogP contribution >= 0.6 is 11.6 Å². The second-order valence-electron chi connectivity index (χ2n) is 1.73. The zero-order valence-corrected chi connectivity index (χ0v) is 5.71. The fraction of sp³-hybridized carbons (Fsp3) is 0. The van der Waals surface area contributed by atoms with Crippen molar-refractivity contribution in [2.24, 2.45) is 0 Å². The van der Waals surface area contributed by atoms with Gasteiger partial charge >= 0.3 is 29.6 Å². The summed E-state index contributed by atoms with van der Waals surface area (Å²) in [6, 6.07) is 5.70. The topological polar surface area (TPSA) is 43.1 Å². The van der Waals surface area contributed by atoms with E-state index in [1.807, 2.05) is 0 Å². The summed E-state index contributed by atoms with van der Waals surface area (Å²) in [5.41, 5.74) is 0.0596. The molecule has 1 aromatic rings. The molecule has 1 rings (SSSR count). The van der Waals surface area contributed by atoms with Crippen LogP contribution < -0.4 is 0 Å². The van der Waals surface area contributed by atoms with E-state index in [9.17, 15) is 10.1 Å². The first kappa shape index (κ1) is 10.9. The van der Waals surface area contributed by atoms with E-state index in [0.717, 1.165) is 0 Å². The van der Waals surface area contributed by atoms with E-state index >= 15 is 0 Å². The molecule has 0 aliphatic carbocycles. The monoisotopic (exact) mass is 181 g/mol. The van der Waals surface area contributed by atoms with Crippen molar-refractivity contribution in [1.29, 1.82) is 0 Å². The summed E-state index contributed by atoms with van der Waals surface area (Å²) < 4.78 is 0. The number of halogens is 1. The van der Waals surface area contributed by atoms with Crippen LogP contribution in [0.5, 0.6) is 0 Å². The summed E-state index contributed by atoms with van der Waals surface area (Å²) in [4.78, 5) is 9.61. The van der Waals surface area contributed by atoms with Gasteiger partial charge < -0.3 is 0 Å². The molecule has 0 radical (unpaired) electrons. The Morgan fingerprint density at radius 2 is 1.73 bits per heavy atom. The summed E-state index contributed by atoms with van der Waals surface area (Å²) in [6.45, 7) is 0. The van der Waals surface area contributed by atoms with Crippen LogP contribution in [0, 0.1) is 10.1 Å². The average Bonchev–Trinajstić information content (AvgIpc) is 1.88. The standard InChI is InChI=1S/C6H4ClNO2.Na.H/c7-5-1-3-6(4-2-5)8(9)10;;/h1-4H;;. The van der Waals surface area contributed by atoms with Gasteiger partial charge in [0.05, 0.1) is 4.92 Å². The number of hydrogen-bond acceptors (Lipinski definition) is 2. The van der Waals surface area contributed by atoms with Gasteiger partial charge in [-0.25, -0.2) is 0 Å². The van der Waals surface area contributed by atoms with Crippen molar-refractivity contribution in [3.05, 3.63) is 39.4 Å². The molecular formula is C6H5ClNNaO2. The first-order chi connectivity index (χ1) is 4.70. The van der Waals surface area contributed by atoms with Crippen molar-refractivity contribution in [3.63, 3.8) is 0 Å². The SMILES string of the molecule is O=[N+]([O-])c1ccc(Cl)cc1.[NaH]. The van der Waals surface area contributed by atoms with Crippen molar-refractivity contribution in [3.8, 4) is 0 Å². The number of non-ortho nitro benzene ring substituents is 1. The van der Waals surface area contributed by atoms with Crippen LogP contribution in [-0.2, 0) is 0 Å². The van der Waals surface area contributed by atoms with Gasteiger partial charge in [0.25, 0.3) is 5.69 Å². The van der Waals surface area contributed by atoms with Gasteiger partial charge in [-0.1, -0.05) is 11.6 Å². The molecule has 0 heterocycles. The molecular weight excluding hydrogens is 177 g/mol. The van der Waals surface area contributed by atoms with Gasteiger partial charge in [-0.15, -0.1) is 0 Å². The summed E-state index contributed by atoms with van der Waals surface area (Å²) in [5, 5.41) is 10.6. The molecule has 11 heavy (non-hydrogen) atoms. The molecule has 54 valence electrons. The maximum absolute atomic E-state index is 10.1. The Kier molecular flexibility index (Phi) is 4.68. The molecule has 0 bridgehead atoms. The van der Waals surface area contributed by atoms with Gasteiger partial charge in [-0.05, 0) is 12.1 Å². The van der Waals surface area contributed by atoms with Gasteiger partial charge in [0, 0.05) is 17.2 Å². The van der Waals surface area contributed by atoms with Crippen molar-refractivity contribution >= 4 is 46.8 Å². The molecule has 0 aliphatic heterocycles. The zero-order valence-electron chi connectivity index (χ0n) is 4.95. The van der Waals surface area contributed by atoms with E-state index in [2.05, 4.69) is 0 Å². The van der Waals surface area contributed by atoms with Gasteiger partial charge in [-0.2, -0.15) is 0 Å². The van der Waals surface area contributed by atoms with E-state index in [1.54, 1.807) is 0 Å². The predicted octanol–water partition coefficient (Wildman–Crippen LogP) is 1.60. The average molecular weight is 182 g/mol. The third kappa shape index (κ3) is 3.20. The van der Waals surface area contributed by atoms with Crippen LogP contribution in [0.1, 0.15) is 0 Å². The second-order valence-corrected chi connectivity index (χ2v) is 2.17. The Labute approximate surface area is 90.8 Å². The molecule has 0 N–H and O–H groups in total. The van der Waals surface area contributed by atoms with E-state index in [4.69, 9.17) is 11.6 Å². The Morgan fingerprint density at radius 3 is 2.09 bits per heavy atom. The van der Waals surface area contributed by atoms with Gasteiger partial charge in [-0.3, -0.25) is 10.1 Å². The number of rotatable bonds is 1. The summed E-state index contributed by atoms with van der Waals surface area (Å²) in [6.07, 6.45) is 0. The molecule has 0 spiro atoms. The Balaban J connectivity index is 0.000001000. The van der Waals surface area contributed by atoms with Crippen LogP contribution in [0.3, 0.4) is 0 Å². The van der Waals surface area contributed by atoms with E-state index in [0.29, 0.717) is 5.02 Å². The van der Waals surface area contributed by atoms with Crippen LogP contribution in [0.15, 0.2) is 24.3 Å². The van der Waals surface area contributed by atoms with Crippen LogP contribution in [-0.4, -0.2) is 34.5 Å². The van der Waals surface area contributed by atoms with E-state index < -0.39 is 4.92 Å². The molecule has 0 unspecified atom stereocenters. The maximum atomic E-state index is 10.1. The minimum atomic E-state index is -0.462. The summed E-state index contributed by atoms with van der Waals surface area (Å²) >= 11 is 5.49. The fourth-order valence-corrected chi connectivity index (χ4v) is 0.689. The molecule has 1 aromatic carbocycles. The van der Waals surface area contributed by atoms with Crippen LogP contribution in [0.25, 0.3) is 0 Å². The zero-order chi connectivity index (χ0) is 7.56. The molecule has 0 aliphatic rings. The molecule has 5 heteroatoms. The summed E-state index contributed by atoms with van der Waals surface area (Å²) in [7, 11) is 0. The number of nitro groups is 1. The molecule has 0 aromatic heterocycles. The molecule has 0 atom stereocenters. The Bertz CT molecular complexity index is 249. The van der Waals surface area contributed by atoms with Crippen molar-refractivity contribution in [1.82, 2.24) is 0 Å². The van der Waals surface area contributed by atoms with Crippen molar-refractivity contribution in [2.45, 2.75) is 0 Å². The van der Waals surface area contributed by atoms with Gasteiger partial charge in [0.2, 0.25) is 0 Å². The Hall–Kier alpha value is -0.0900. The van der Waals surface area contributed by atoms with Gasteiger partial charge in [0.1, 0.15) is 0 Å².